The highest BCUT2D eigenvalue weighted by Crippen LogP contribution is 2.09. The van der Waals surface area contributed by atoms with E-state index >= 15 is 0 Å². The summed E-state index contributed by atoms with van der Waals surface area (Å²) in [6.45, 7) is 4.34. The smallest absolute Gasteiger partial charge is 0.330 e. The Morgan fingerprint density at radius 1 is 1.04 bits per heavy atom. The fourth-order valence-electron chi connectivity index (χ4n) is 1.81. The van der Waals surface area contributed by atoms with E-state index in [2.05, 4.69) is 0 Å². The Bertz CT molecular complexity index is 522. The molecule has 1 rings (SSSR count). The first-order valence-electron chi connectivity index (χ1n) is 7.52. The molecule has 0 spiro atoms. The maximum absolute atomic E-state index is 11.8. The van der Waals surface area contributed by atoms with E-state index in [4.69, 9.17) is 14.2 Å². The van der Waals surface area contributed by atoms with Crippen molar-refractivity contribution in [2.24, 2.45) is 0 Å². The average molecular weight is 342 g/mol. The third-order valence-corrected chi connectivity index (χ3v) is 3.15. The lowest BCUT2D eigenvalue weighted by Gasteiger charge is -2.18. The van der Waals surface area contributed by atoms with E-state index in [1.807, 2.05) is 0 Å². The molecule has 5 atom stereocenters. The second-order valence-electron chi connectivity index (χ2n) is 5.50. The van der Waals surface area contributed by atoms with Crippen LogP contribution >= 0.6 is 0 Å². The second kappa shape index (κ2) is 9.19. The van der Waals surface area contributed by atoms with Gasteiger partial charge in [0.1, 0.15) is 24.4 Å². The molecule has 0 aromatic carbocycles. The van der Waals surface area contributed by atoms with E-state index in [1.54, 1.807) is 0 Å². The van der Waals surface area contributed by atoms with Gasteiger partial charge in [0.2, 0.25) is 0 Å². The minimum atomic E-state index is -1.21. The molecule has 2 N–H and O–H groups in total. The first kappa shape index (κ1) is 19.9. The predicted molar refractivity (Wildman–Crippen MR) is 81.6 cm³/mol. The third-order valence-electron chi connectivity index (χ3n) is 3.15. The molecule has 0 saturated heterocycles. The van der Waals surface area contributed by atoms with Crippen molar-refractivity contribution in [1.82, 2.24) is 0 Å². The SMILES string of the molecule is CC(O)[C@H]1/C=C/C(=O)O[C@@H](C)[C@H](O)/C=C/C(=O)O[C@H](C)CC(=O)O1. The molecule has 1 aliphatic heterocycles. The number of aliphatic hydroxyl groups excluding tert-OH is 2. The molecule has 0 fully saturated rings. The molecule has 1 heterocycles. The summed E-state index contributed by atoms with van der Waals surface area (Å²) in [7, 11) is 0. The third kappa shape index (κ3) is 6.93. The normalized spacial score (nSPS) is 34.0. The van der Waals surface area contributed by atoms with Crippen molar-refractivity contribution in [3.63, 3.8) is 0 Å². The van der Waals surface area contributed by atoms with Crippen LogP contribution in [0.1, 0.15) is 27.2 Å². The van der Waals surface area contributed by atoms with Gasteiger partial charge in [0, 0.05) is 12.2 Å². The highest BCUT2D eigenvalue weighted by Gasteiger charge is 2.22. The van der Waals surface area contributed by atoms with Gasteiger partial charge in [-0.25, -0.2) is 9.59 Å². The van der Waals surface area contributed by atoms with Crippen molar-refractivity contribution in [1.29, 1.82) is 0 Å². The van der Waals surface area contributed by atoms with Gasteiger partial charge in [0.25, 0.3) is 0 Å². The number of carbonyl (C=O) groups excluding carboxylic acids is 3. The predicted octanol–water partition coefficient (Wildman–Crippen LogP) is 0.0194. The quantitative estimate of drug-likeness (QED) is 0.505. The van der Waals surface area contributed by atoms with E-state index in [0.717, 1.165) is 18.2 Å². The average Bonchev–Trinajstić information content (AvgIpc) is 2.47. The van der Waals surface area contributed by atoms with Crippen molar-refractivity contribution in [2.45, 2.75) is 57.7 Å². The van der Waals surface area contributed by atoms with Crippen LogP contribution in [-0.4, -0.2) is 58.6 Å². The number of carbonyl (C=O) groups is 3. The molecule has 8 nitrogen and oxygen atoms in total. The molecule has 0 aliphatic carbocycles. The van der Waals surface area contributed by atoms with Gasteiger partial charge in [0.05, 0.1) is 12.5 Å². The fourth-order valence-corrected chi connectivity index (χ4v) is 1.81. The zero-order chi connectivity index (χ0) is 18.3. The van der Waals surface area contributed by atoms with E-state index in [1.165, 1.54) is 26.8 Å². The summed E-state index contributed by atoms with van der Waals surface area (Å²) < 4.78 is 15.0. The highest BCUT2D eigenvalue weighted by molar-refractivity contribution is 5.83. The topological polar surface area (TPSA) is 119 Å². The zero-order valence-corrected chi connectivity index (χ0v) is 13.7. The molecule has 0 bridgehead atoms. The molecule has 0 aromatic rings. The number of hydrogen-bond acceptors (Lipinski definition) is 8. The van der Waals surface area contributed by atoms with Gasteiger partial charge in [-0.1, -0.05) is 0 Å². The zero-order valence-electron chi connectivity index (χ0n) is 13.7. The van der Waals surface area contributed by atoms with Crippen molar-refractivity contribution < 1.29 is 38.8 Å². The summed E-state index contributed by atoms with van der Waals surface area (Å²) in [5, 5.41) is 19.4. The maximum Gasteiger partial charge on any atom is 0.330 e. The summed E-state index contributed by atoms with van der Waals surface area (Å²) in [4.78, 5) is 35.1. The highest BCUT2D eigenvalue weighted by atomic mass is 16.6. The lowest BCUT2D eigenvalue weighted by molar-refractivity contribution is -0.156. The van der Waals surface area contributed by atoms with E-state index in [-0.39, 0.29) is 6.42 Å². The second-order valence-corrected chi connectivity index (χ2v) is 5.50. The minimum Gasteiger partial charge on any atom is -0.459 e. The molecule has 0 aromatic heterocycles. The number of cyclic esters (lactones) is 3. The lowest BCUT2D eigenvalue weighted by Crippen LogP contribution is -2.29. The van der Waals surface area contributed by atoms with Gasteiger partial charge in [-0.2, -0.15) is 0 Å². The monoisotopic (exact) mass is 342 g/mol. The van der Waals surface area contributed by atoms with E-state index < -0.39 is 48.4 Å². The van der Waals surface area contributed by atoms with Crippen molar-refractivity contribution >= 4 is 17.9 Å². The number of rotatable bonds is 1. The summed E-state index contributed by atoms with van der Waals surface area (Å²) in [6.07, 6.45) is -0.905. The molecular weight excluding hydrogens is 320 g/mol. The molecule has 24 heavy (non-hydrogen) atoms. The Labute approximate surface area is 139 Å². The first-order valence-corrected chi connectivity index (χ1v) is 7.52. The Morgan fingerprint density at radius 3 is 2.25 bits per heavy atom. The van der Waals surface area contributed by atoms with Crippen LogP contribution in [0.25, 0.3) is 0 Å². The standard InChI is InChI=1S/C16H22O8/c1-9-8-16(21)24-13(10(2)17)5-7-15(20)23-11(3)12(18)4-6-14(19)22-9/h4-7,9-13,17-18H,8H2,1-3H3/b6-4+,7-5+/t9-,10?,11+,12-,13-/m1/s1. The molecule has 0 radical (unpaired) electrons. The van der Waals surface area contributed by atoms with Crippen LogP contribution < -0.4 is 0 Å². The van der Waals surface area contributed by atoms with Gasteiger partial charge in [-0.15, -0.1) is 0 Å². The Kier molecular flexibility index (Phi) is 7.60. The van der Waals surface area contributed by atoms with Crippen LogP contribution in [-0.2, 0) is 28.6 Å². The maximum atomic E-state index is 11.8. The number of aliphatic hydroxyl groups is 2. The van der Waals surface area contributed by atoms with Crippen LogP contribution in [0.2, 0.25) is 0 Å². The van der Waals surface area contributed by atoms with Gasteiger partial charge < -0.3 is 24.4 Å². The Morgan fingerprint density at radius 2 is 1.62 bits per heavy atom. The molecule has 0 saturated carbocycles. The summed E-state index contributed by atoms with van der Waals surface area (Å²) in [6, 6.07) is 0. The number of hydrogen-bond donors (Lipinski definition) is 2. The van der Waals surface area contributed by atoms with Crippen LogP contribution in [0.4, 0.5) is 0 Å². The molecule has 1 aliphatic rings. The number of ether oxygens (including phenoxy) is 3. The van der Waals surface area contributed by atoms with E-state index in [0.29, 0.717) is 0 Å². The molecular formula is C16H22O8. The summed E-state index contributed by atoms with van der Waals surface area (Å²) in [5.74, 6) is -2.25. The number of esters is 3. The van der Waals surface area contributed by atoms with Crippen LogP contribution in [0.3, 0.4) is 0 Å². The van der Waals surface area contributed by atoms with Gasteiger partial charge >= 0.3 is 17.9 Å². The molecule has 1 unspecified atom stereocenters. The molecule has 0 amide bonds. The largest absolute Gasteiger partial charge is 0.459 e. The Balaban J connectivity index is 2.98. The van der Waals surface area contributed by atoms with Gasteiger partial charge in [-0.3, -0.25) is 4.79 Å². The summed E-state index contributed by atoms with van der Waals surface area (Å²) in [5.41, 5.74) is 0. The van der Waals surface area contributed by atoms with Gasteiger partial charge in [0.15, 0.2) is 0 Å². The minimum absolute atomic E-state index is 0.222. The lowest BCUT2D eigenvalue weighted by atomic mass is 10.2. The fraction of sp³-hybridized carbons (Fsp3) is 0.562. The van der Waals surface area contributed by atoms with Gasteiger partial charge in [-0.05, 0) is 32.9 Å². The van der Waals surface area contributed by atoms with E-state index in [9.17, 15) is 24.6 Å². The Hall–Kier alpha value is -2.19. The van der Waals surface area contributed by atoms with Crippen LogP contribution in [0.5, 0.6) is 0 Å². The molecule has 8 heteroatoms. The summed E-state index contributed by atoms with van der Waals surface area (Å²) >= 11 is 0. The first-order chi connectivity index (χ1) is 11.2. The van der Waals surface area contributed by atoms with Crippen LogP contribution in [0, 0.1) is 0 Å². The van der Waals surface area contributed by atoms with Crippen molar-refractivity contribution in [3.8, 4) is 0 Å². The van der Waals surface area contributed by atoms with Crippen LogP contribution in [0.15, 0.2) is 24.3 Å². The molecule has 134 valence electrons. The van der Waals surface area contributed by atoms with Crippen molar-refractivity contribution in [2.75, 3.05) is 0 Å². The van der Waals surface area contributed by atoms with Crippen molar-refractivity contribution in [3.05, 3.63) is 24.3 Å².